The van der Waals surface area contributed by atoms with Gasteiger partial charge >= 0.3 is 0 Å². The molecule has 1 aliphatic heterocycles. The minimum Gasteiger partial charge on any atom is -0.472 e. The number of nitrogens with one attached hydrogen (secondary N) is 1. The summed E-state index contributed by atoms with van der Waals surface area (Å²) in [5.41, 5.74) is 0.530. The van der Waals surface area contributed by atoms with Gasteiger partial charge in [-0.2, -0.15) is 0 Å². The summed E-state index contributed by atoms with van der Waals surface area (Å²) in [5.74, 6) is 1.74. The van der Waals surface area contributed by atoms with Crippen molar-refractivity contribution in [2.75, 3.05) is 13.1 Å². The minimum absolute atomic E-state index is 0.101. The van der Waals surface area contributed by atoms with E-state index >= 15 is 0 Å². The Hall–Kier alpha value is -2.50. The van der Waals surface area contributed by atoms with Crippen molar-refractivity contribution in [1.82, 2.24) is 10.2 Å². The van der Waals surface area contributed by atoms with Crippen LogP contribution < -0.4 is 5.32 Å². The van der Waals surface area contributed by atoms with Gasteiger partial charge in [-0.1, -0.05) is 0 Å². The van der Waals surface area contributed by atoms with Crippen molar-refractivity contribution in [3.8, 4) is 0 Å². The van der Waals surface area contributed by atoms with Crippen molar-refractivity contribution in [1.29, 1.82) is 0 Å². The fourth-order valence-electron chi connectivity index (χ4n) is 2.94. The summed E-state index contributed by atoms with van der Waals surface area (Å²) in [6.45, 7) is 3.24. The predicted octanol–water partition coefficient (Wildman–Crippen LogP) is 2.53. The van der Waals surface area contributed by atoms with Crippen molar-refractivity contribution in [2.24, 2.45) is 0 Å². The molecule has 0 unspecified atom stereocenters. The van der Waals surface area contributed by atoms with Crippen LogP contribution in [0.15, 0.2) is 39.6 Å². The molecule has 2 aromatic heterocycles. The van der Waals surface area contributed by atoms with E-state index in [-0.39, 0.29) is 17.9 Å². The molecule has 128 valence electrons. The Morgan fingerprint density at radius 1 is 1.25 bits per heavy atom. The number of rotatable bonds is 5. The summed E-state index contributed by atoms with van der Waals surface area (Å²) < 4.78 is 10.4. The number of amides is 2. The molecule has 24 heavy (non-hydrogen) atoms. The van der Waals surface area contributed by atoms with Crippen molar-refractivity contribution in [2.45, 2.75) is 38.6 Å². The van der Waals surface area contributed by atoms with Crippen LogP contribution in [0.1, 0.15) is 41.1 Å². The molecule has 2 amide bonds. The van der Waals surface area contributed by atoms with Crippen LogP contribution in [0.5, 0.6) is 0 Å². The summed E-state index contributed by atoms with van der Waals surface area (Å²) in [7, 11) is 0. The molecule has 0 saturated carbocycles. The molecule has 3 rings (SSSR count). The SMILES string of the molecule is Cc1ccc(CCC(=O)N2CCC(NC(=O)c3ccoc3)CC2)o1. The molecule has 0 aliphatic carbocycles. The molecule has 0 bridgehead atoms. The molecule has 0 aromatic carbocycles. The summed E-state index contributed by atoms with van der Waals surface area (Å²) >= 11 is 0. The molecule has 0 radical (unpaired) electrons. The van der Waals surface area contributed by atoms with Gasteiger partial charge in [0.2, 0.25) is 5.91 Å². The van der Waals surface area contributed by atoms with E-state index in [1.165, 1.54) is 12.5 Å². The van der Waals surface area contributed by atoms with E-state index in [0.29, 0.717) is 31.5 Å². The lowest BCUT2D eigenvalue weighted by molar-refractivity contribution is -0.132. The number of carbonyl (C=O) groups excluding carboxylic acids is 2. The number of furan rings is 2. The van der Waals surface area contributed by atoms with Crippen molar-refractivity contribution < 1.29 is 18.4 Å². The number of hydrogen-bond acceptors (Lipinski definition) is 4. The van der Waals surface area contributed by atoms with Gasteiger partial charge in [-0.3, -0.25) is 9.59 Å². The maximum absolute atomic E-state index is 12.3. The first-order valence-corrected chi connectivity index (χ1v) is 8.28. The summed E-state index contributed by atoms with van der Waals surface area (Å²) in [5, 5.41) is 2.99. The highest BCUT2D eigenvalue weighted by Gasteiger charge is 2.24. The molecule has 3 heterocycles. The molecule has 0 atom stereocenters. The number of aryl methyl sites for hydroxylation is 2. The van der Waals surface area contributed by atoms with Crippen LogP contribution in [0.2, 0.25) is 0 Å². The highest BCUT2D eigenvalue weighted by atomic mass is 16.3. The van der Waals surface area contributed by atoms with E-state index in [2.05, 4.69) is 5.32 Å². The maximum atomic E-state index is 12.3. The number of hydrogen-bond donors (Lipinski definition) is 1. The molecule has 1 N–H and O–H groups in total. The molecule has 6 heteroatoms. The zero-order valence-corrected chi connectivity index (χ0v) is 13.8. The van der Waals surface area contributed by atoms with E-state index in [9.17, 15) is 9.59 Å². The molecule has 6 nitrogen and oxygen atoms in total. The lowest BCUT2D eigenvalue weighted by atomic mass is 10.0. The number of likely N-dealkylation sites (tertiary alicyclic amines) is 1. The fourth-order valence-corrected chi connectivity index (χ4v) is 2.94. The van der Waals surface area contributed by atoms with Crippen LogP contribution in [0.25, 0.3) is 0 Å². The first-order chi connectivity index (χ1) is 11.6. The maximum Gasteiger partial charge on any atom is 0.254 e. The molecular weight excluding hydrogens is 308 g/mol. The molecule has 1 saturated heterocycles. The minimum atomic E-state index is -0.123. The lowest BCUT2D eigenvalue weighted by Crippen LogP contribution is -2.46. The normalized spacial score (nSPS) is 15.5. The van der Waals surface area contributed by atoms with Gasteiger partial charge in [0.05, 0.1) is 11.8 Å². The van der Waals surface area contributed by atoms with Gasteiger partial charge in [0.15, 0.2) is 0 Å². The monoisotopic (exact) mass is 330 g/mol. The van der Waals surface area contributed by atoms with Crippen molar-refractivity contribution in [3.63, 3.8) is 0 Å². The first-order valence-electron chi connectivity index (χ1n) is 8.28. The Kier molecular flexibility index (Phi) is 5.03. The molecular formula is C18H22N2O4. The van der Waals surface area contributed by atoms with Gasteiger partial charge in [0.25, 0.3) is 5.91 Å². The standard InChI is InChI=1S/C18H22N2O4/c1-13-2-3-16(24-13)4-5-17(21)20-9-6-15(7-10-20)19-18(22)14-8-11-23-12-14/h2-3,8,11-12,15H,4-7,9-10H2,1H3,(H,19,22). The van der Waals surface area contributed by atoms with Gasteiger partial charge in [0.1, 0.15) is 17.8 Å². The Morgan fingerprint density at radius 3 is 2.67 bits per heavy atom. The molecule has 0 spiro atoms. The van der Waals surface area contributed by atoms with Crippen LogP contribution in [0, 0.1) is 6.92 Å². The summed E-state index contributed by atoms with van der Waals surface area (Å²) in [6, 6.07) is 5.57. The van der Waals surface area contributed by atoms with E-state index in [4.69, 9.17) is 8.83 Å². The Morgan fingerprint density at radius 2 is 2.04 bits per heavy atom. The average Bonchev–Trinajstić information content (AvgIpc) is 3.25. The smallest absolute Gasteiger partial charge is 0.254 e. The largest absolute Gasteiger partial charge is 0.472 e. The number of piperidine rings is 1. The van der Waals surface area contributed by atoms with E-state index in [1.807, 2.05) is 24.0 Å². The predicted molar refractivity (Wildman–Crippen MR) is 87.5 cm³/mol. The zero-order valence-electron chi connectivity index (χ0n) is 13.8. The highest BCUT2D eigenvalue weighted by Crippen LogP contribution is 2.15. The van der Waals surface area contributed by atoms with Gasteiger partial charge < -0.3 is 19.1 Å². The van der Waals surface area contributed by atoms with Crippen LogP contribution >= 0.6 is 0 Å². The van der Waals surface area contributed by atoms with Gasteiger partial charge in [-0.15, -0.1) is 0 Å². The Bertz CT molecular complexity index is 682. The second-order valence-electron chi connectivity index (χ2n) is 6.15. The third-order valence-electron chi connectivity index (χ3n) is 4.35. The third-order valence-corrected chi connectivity index (χ3v) is 4.35. The van der Waals surface area contributed by atoms with E-state index in [1.54, 1.807) is 6.07 Å². The van der Waals surface area contributed by atoms with Crippen LogP contribution in [-0.2, 0) is 11.2 Å². The highest BCUT2D eigenvalue weighted by molar-refractivity contribution is 5.93. The number of nitrogens with zero attached hydrogens (tertiary/aromatic N) is 1. The average molecular weight is 330 g/mol. The van der Waals surface area contributed by atoms with Gasteiger partial charge in [-0.05, 0) is 38.0 Å². The fraction of sp³-hybridized carbons (Fsp3) is 0.444. The van der Waals surface area contributed by atoms with E-state index in [0.717, 1.165) is 24.4 Å². The second-order valence-corrected chi connectivity index (χ2v) is 6.15. The van der Waals surface area contributed by atoms with Gasteiger partial charge in [-0.25, -0.2) is 0 Å². The van der Waals surface area contributed by atoms with E-state index < -0.39 is 0 Å². The molecule has 1 fully saturated rings. The topological polar surface area (TPSA) is 75.7 Å². The second kappa shape index (κ2) is 7.38. The summed E-state index contributed by atoms with van der Waals surface area (Å²) in [4.78, 5) is 26.1. The van der Waals surface area contributed by atoms with Crippen LogP contribution in [0.3, 0.4) is 0 Å². The summed E-state index contributed by atoms with van der Waals surface area (Å²) in [6.07, 6.45) is 5.55. The third kappa shape index (κ3) is 4.07. The Balaban J connectivity index is 1.41. The van der Waals surface area contributed by atoms with Crippen molar-refractivity contribution >= 4 is 11.8 Å². The quantitative estimate of drug-likeness (QED) is 0.914. The Labute approximate surface area is 140 Å². The number of carbonyl (C=O) groups is 2. The molecule has 2 aromatic rings. The van der Waals surface area contributed by atoms with Crippen LogP contribution in [-0.4, -0.2) is 35.8 Å². The zero-order chi connectivity index (χ0) is 16.9. The van der Waals surface area contributed by atoms with Crippen LogP contribution in [0.4, 0.5) is 0 Å². The lowest BCUT2D eigenvalue weighted by Gasteiger charge is -2.32. The van der Waals surface area contributed by atoms with Crippen molar-refractivity contribution in [3.05, 3.63) is 47.8 Å². The van der Waals surface area contributed by atoms with Gasteiger partial charge in [0, 0.05) is 32.0 Å². The first kappa shape index (κ1) is 16.4. The molecule has 1 aliphatic rings.